The number of nitro benzene ring substituents is 1. The van der Waals surface area contributed by atoms with E-state index in [0.29, 0.717) is 12.3 Å². The molecular weight excluding hydrogens is 324 g/mol. The Morgan fingerprint density at radius 3 is 2.87 bits per heavy atom. The summed E-state index contributed by atoms with van der Waals surface area (Å²) in [5, 5.41) is 19.8. The van der Waals surface area contributed by atoms with Crippen molar-refractivity contribution in [1.29, 1.82) is 0 Å². The van der Waals surface area contributed by atoms with E-state index in [4.69, 9.17) is 9.84 Å². The lowest BCUT2D eigenvalue weighted by Gasteiger charge is -2.34. The highest BCUT2D eigenvalue weighted by Gasteiger charge is 2.29. The van der Waals surface area contributed by atoms with Gasteiger partial charge < -0.3 is 14.7 Å². The van der Waals surface area contributed by atoms with E-state index >= 15 is 0 Å². The molecule has 2 rings (SSSR count). The van der Waals surface area contributed by atoms with Crippen molar-refractivity contribution in [3.05, 3.63) is 34.4 Å². The Morgan fingerprint density at radius 1 is 1.43 bits per heavy atom. The molecule has 1 aliphatic heterocycles. The molecule has 0 aliphatic carbocycles. The predicted molar refractivity (Wildman–Crippen MR) is 83.7 cm³/mol. The second kappa shape index (κ2) is 7.82. The number of nitro groups is 1. The number of carboxylic acids is 1. The molecule has 124 valence electrons. The molecule has 1 heterocycles. The Bertz CT molecular complexity index is 609. The molecule has 0 spiro atoms. The van der Waals surface area contributed by atoms with Crippen molar-refractivity contribution in [3.8, 4) is 5.75 Å². The van der Waals surface area contributed by atoms with Crippen molar-refractivity contribution >= 4 is 29.3 Å². The van der Waals surface area contributed by atoms with Crippen LogP contribution < -0.4 is 4.74 Å². The van der Waals surface area contributed by atoms with Gasteiger partial charge in [-0.1, -0.05) is 12.1 Å². The van der Waals surface area contributed by atoms with Crippen LogP contribution >= 0.6 is 11.8 Å². The number of nitrogens with zero attached hydrogens (tertiary/aromatic N) is 2. The van der Waals surface area contributed by atoms with Gasteiger partial charge in [-0.3, -0.25) is 19.7 Å². The van der Waals surface area contributed by atoms with Gasteiger partial charge in [0.25, 0.3) is 5.91 Å². The number of hydrogen-bond donors (Lipinski definition) is 1. The minimum Gasteiger partial charge on any atom is -0.481 e. The van der Waals surface area contributed by atoms with Crippen LogP contribution in [-0.2, 0) is 9.59 Å². The summed E-state index contributed by atoms with van der Waals surface area (Å²) >= 11 is 1.60. The zero-order valence-corrected chi connectivity index (χ0v) is 13.0. The molecule has 9 heteroatoms. The minimum absolute atomic E-state index is 0.0204. The summed E-state index contributed by atoms with van der Waals surface area (Å²) in [5.74, 6) is -0.0201. The van der Waals surface area contributed by atoms with Crippen LogP contribution in [-0.4, -0.2) is 57.5 Å². The first-order chi connectivity index (χ1) is 11.0. The van der Waals surface area contributed by atoms with Gasteiger partial charge in [0, 0.05) is 24.1 Å². The number of carboxylic acid groups (broad SMARTS) is 1. The molecule has 1 amide bonds. The van der Waals surface area contributed by atoms with Gasteiger partial charge in [-0.15, -0.1) is 0 Å². The highest BCUT2D eigenvalue weighted by Crippen LogP contribution is 2.26. The lowest BCUT2D eigenvalue weighted by Crippen LogP contribution is -2.48. The monoisotopic (exact) mass is 340 g/mol. The number of carbonyl (C=O) groups excluding carboxylic acids is 1. The number of para-hydroxylation sites is 2. The highest BCUT2D eigenvalue weighted by molar-refractivity contribution is 7.99. The van der Waals surface area contributed by atoms with Crippen LogP contribution in [0, 0.1) is 10.1 Å². The molecule has 0 saturated carbocycles. The van der Waals surface area contributed by atoms with Gasteiger partial charge in [0.1, 0.15) is 0 Å². The van der Waals surface area contributed by atoms with Crippen LogP contribution in [0.2, 0.25) is 0 Å². The summed E-state index contributed by atoms with van der Waals surface area (Å²) < 4.78 is 5.28. The summed E-state index contributed by atoms with van der Waals surface area (Å²) in [6.45, 7) is 0.0906. The molecule has 0 bridgehead atoms. The smallest absolute Gasteiger partial charge is 0.310 e. The molecule has 0 aromatic heterocycles. The van der Waals surface area contributed by atoms with Gasteiger partial charge in [0.05, 0.1) is 17.4 Å². The SMILES string of the molecule is O=C(O)CC1CSCCN1C(=O)COc1ccccc1[N+](=O)[O-]. The molecule has 23 heavy (non-hydrogen) atoms. The van der Waals surface area contributed by atoms with E-state index in [0.717, 1.165) is 5.75 Å². The Labute approximate surface area is 136 Å². The van der Waals surface area contributed by atoms with Gasteiger partial charge in [-0.05, 0) is 6.07 Å². The van der Waals surface area contributed by atoms with Gasteiger partial charge in [-0.2, -0.15) is 11.8 Å². The average molecular weight is 340 g/mol. The number of ether oxygens (including phenoxy) is 1. The Hall–Kier alpha value is -2.29. The number of rotatable bonds is 6. The second-order valence-corrected chi connectivity index (χ2v) is 6.08. The first-order valence-electron chi connectivity index (χ1n) is 6.94. The van der Waals surface area contributed by atoms with Crippen LogP contribution in [0.1, 0.15) is 6.42 Å². The standard InChI is InChI=1S/C14H16N2O6S/c17-13(15-5-6-23-9-10(15)7-14(18)19)8-22-12-4-2-1-3-11(12)16(20)21/h1-4,10H,5-9H2,(H,18,19). The maximum atomic E-state index is 12.3. The first kappa shape index (κ1) is 17.1. The van der Waals surface area contributed by atoms with Gasteiger partial charge in [0.2, 0.25) is 0 Å². The molecule has 0 radical (unpaired) electrons. The van der Waals surface area contributed by atoms with Crippen molar-refractivity contribution < 1.29 is 24.4 Å². The topological polar surface area (TPSA) is 110 Å². The Balaban J connectivity index is 2.01. The minimum atomic E-state index is -0.963. The van der Waals surface area contributed by atoms with Crippen molar-refractivity contribution in [1.82, 2.24) is 4.90 Å². The van der Waals surface area contributed by atoms with E-state index in [1.807, 2.05) is 0 Å². The van der Waals surface area contributed by atoms with E-state index in [2.05, 4.69) is 0 Å². The van der Waals surface area contributed by atoms with E-state index < -0.39 is 10.9 Å². The van der Waals surface area contributed by atoms with E-state index in [-0.39, 0.29) is 36.4 Å². The zero-order chi connectivity index (χ0) is 16.8. The molecule has 1 atom stereocenters. The zero-order valence-electron chi connectivity index (χ0n) is 12.2. The van der Waals surface area contributed by atoms with Crippen LogP contribution in [0.4, 0.5) is 5.69 Å². The lowest BCUT2D eigenvalue weighted by atomic mass is 10.2. The molecule has 1 saturated heterocycles. The first-order valence-corrected chi connectivity index (χ1v) is 8.09. The number of aliphatic carboxylic acids is 1. The number of amides is 1. The largest absolute Gasteiger partial charge is 0.481 e. The third-order valence-corrected chi connectivity index (χ3v) is 4.46. The summed E-state index contributed by atoms with van der Waals surface area (Å²) in [5.41, 5.74) is -0.211. The summed E-state index contributed by atoms with van der Waals surface area (Å²) in [4.78, 5) is 35.0. The second-order valence-electron chi connectivity index (χ2n) is 4.93. The van der Waals surface area contributed by atoms with Crippen molar-refractivity contribution in [2.24, 2.45) is 0 Å². The number of hydrogen-bond acceptors (Lipinski definition) is 6. The van der Waals surface area contributed by atoms with Gasteiger partial charge in [-0.25, -0.2) is 0 Å². The van der Waals surface area contributed by atoms with Crippen LogP contribution in [0.15, 0.2) is 24.3 Å². The molecule has 1 aromatic carbocycles. The van der Waals surface area contributed by atoms with Gasteiger partial charge in [0.15, 0.2) is 12.4 Å². The molecule has 1 unspecified atom stereocenters. The lowest BCUT2D eigenvalue weighted by molar-refractivity contribution is -0.385. The third-order valence-electron chi connectivity index (χ3n) is 3.37. The fourth-order valence-electron chi connectivity index (χ4n) is 2.31. The molecule has 1 N–H and O–H groups in total. The van der Waals surface area contributed by atoms with Gasteiger partial charge >= 0.3 is 11.7 Å². The molecule has 8 nitrogen and oxygen atoms in total. The summed E-state index contributed by atoms with van der Waals surface area (Å²) in [6, 6.07) is 5.43. The maximum absolute atomic E-state index is 12.3. The molecular formula is C14H16N2O6S. The Kier molecular flexibility index (Phi) is 5.80. The normalized spacial score (nSPS) is 17.6. The van der Waals surface area contributed by atoms with Crippen molar-refractivity contribution in [3.63, 3.8) is 0 Å². The molecule has 1 aliphatic rings. The number of thioether (sulfide) groups is 1. The predicted octanol–water partition coefficient (Wildman–Crippen LogP) is 1.39. The number of carbonyl (C=O) groups is 2. The van der Waals surface area contributed by atoms with E-state index in [9.17, 15) is 19.7 Å². The molecule has 1 aromatic rings. The third kappa shape index (κ3) is 4.59. The van der Waals surface area contributed by atoms with Crippen LogP contribution in [0.5, 0.6) is 5.75 Å². The van der Waals surface area contributed by atoms with Crippen LogP contribution in [0.3, 0.4) is 0 Å². The van der Waals surface area contributed by atoms with Crippen molar-refractivity contribution in [2.45, 2.75) is 12.5 Å². The summed E-state index contributed by atoms with van der Waals surface area (Å²) in [7, 11) is 0. The highest BCUT2D eigenvalue weighted by atomic mass is 32.2. The maximum Gasteiger partial charge on any atom is 0.310 e. The average Bonchev–Trinajstić information content (AvgIpc) is 2.52. The van der Waals surface area contributed by atoms with E-state index in [1.165, 1.54) is 23.1 Å². The molecule has 1 fully saturated rings. The van der Waals surface area contributed by atoms with Crippen molar-refractivity contribution in [2.75, 3.05) is 24.7 Å². The van der Waals surface area contributed by atoms with E-state index in [1.54, 1.807) is 17.8 Å². The Morgan fingerprint density at radius 2 is 2.17 bits per heavy atom. The fourth-order valence-corrected chi connectivity index (χ4v) is 3.37. The summed E-state index contributed by atoms with van der Waals surface area (Å²) in [6.07, 6.45) is -0.121. The fraction of sp³-hybridized carbons (Fsp3) is 0.429. The quantitative estimate of drug-likeness (QED) is 0.615. The van der Waals surface area contributed by atoms with Crippen LogP contribution in [0.25, 0.3) is 0 Å². The number of benzene rings is 1.